The van der Waals surface area contributed by atoms with Crippen molar-refractivity contribution in [2.45, 2.75) is 13.5 Å². The van der Waals surface area contributed by atoms with Crippen molar-refractivity contribution >= 4 is 28.2 Å². The van der Waals surface area contributed by atoms with Crippen LogP contribution in [-0.4, -0.2) is 32.0 Å². The molecule has 3 N–H and O–H groups in total. The van der Waals surface area contributed by atoms with Gasteiger partial charge in [-0.25, -0.2) is 4.39 Å². The average Bonchev–Trinajstić information content (AvgIpc) is 3.19. The van der Waals surface area contributed by atoms with Crippen LogP contribution in [0.25, 0.3) is 11.4 Å². The smallest absolute Gasteiger partial charge is 0.251 e. The van der Waals surface area contributed by atoms with Gasteiger partial charge in [0.05, 0.1) is 5.56 Å². The van der Waals surface area contributed by atoms with Crippen LogP contribution in [0.5, 0.6) is 0 Å². The molecule has 0 unspecified atom stereocenters. The number of benzene rings is 1. The second kappa shape index (κ2) is 6.77. The lowest BCUT2D eigenvalue weighted by Crippen LogP contribution is -2.22. The van der Waals surface area contributed by atoms with Crippen LogP contribution in [0.15, 0.2) is 29.6 Å². The number of carbonyl (C=O) groups excluding carboxylic acids is 2. The summed E-state index contributed by atoms with van der Waals surface area (Å²) in [4.78, 5) is 24.4. The van der Waals surface area contributed by atoms with Crippen molar-refractivity contribution in [3.63, 3.8) is 0 Å². The van der Waals surface area contributed by atoms with E-state index in [4.69, 9.17) is 5.73 Å². The molecule has 25 heavy (non-hydrogen) atoms. The lowest BCUT2D eigenvalue weighted by Gasteiger charge is -2.03. The first-order valence-electron chi connectivity index (χ1n) is 7.15. The number of nitrogens with two attached hydrogens (primary N) is 1. The molecular weight excluding hydrogens is 347 g/mol. The van der Waals surface area contributed by atoms with Gasteiger partial charge in [-0.2, -0.15) is 4.80 Å². The molecule has 0 fully saturated rings. The molecule has 0 aliphatic carbocycles. The van der Waals surface area contributed by atoms with Crippen LogP contribution >= 0.6 is 11.3 Å². The van der Waals surface area contributed by atoms with Gasteiger partial charge >= 0.3 is 0 Å². The Morgan fingerprint density at radius 1 is 1.36 bits per heavy atom. The second-order valence-electron chi connectivity index (χ2n) is 5.18. The molecule has 10 heteroatoms. The zero-order valence-electron chi connectivity index (χ0n) is 13.1. The first kappa shape index (κ1) is 16.7. The molecule has 0 spiro atoms. The van der Waals surface area contributed by atoms with E-state index < -0.39 is 11.8 Å². The Hall–Kier alpha value is -3.14. The fraction of sp³-hybridized carbons (Fsp3) is 0.133. The summed E-state index contributed by atoms with van der Waals surface area (Å²) in [5, 5.41) is 16.4. The van der Waals surface area contributed by atoms with Gasteiger partial charge in [0.25, 0.3) is 5.91 Å². The van der Waals surface area contributed by atoms with Gasteiger partial charge in [-0.05, 0) is 47.3 Å². The van der Waals surface area contributed by atoms with Gasteiger partial charge in [-0.3, -0.25) is 9.59 Å². The van der Waals surface area contributed by atoms with E-state index >= 15 is 0 Å². The van der Waals surface area contributed by atoms with E-state index in [1.54, 1.807) is 18.4 Å². The standard InChI is InChI=1S/C15H13FN6O2S/c1-8-6-9(2-3-11(8)16)14-19-21-22(20-14)7-12(23)18-15-10(13(17)24)4-5-25-15/h2-6H,7H2,1H3,(H2,17,24)(H,18,23). The van der Waals surface area contributed by atoms with E-state index in [1.807, 2.05) is 0 Å². The molecule has 3 aromatic rings. The molecule has 0 radical (unpaired) electrons. The van der Waals surface area contributed by atoms with Gasteiger partial charge in [0.2, 0.25) is 11.7 Å². The first-order valence-corrected chi connectivity index (χ1v) is 8.03. The van der Waals surface area contributed by atoms with E-state index in [2.05, 4.69) is 20.7 Å². The lowest BCUT2D eigenvalue weighted by molar-refractivity contribution is -0.117. The van der Waals surface area contributed by atoms with Gasteiger partial charge in [-0.1, -0.05) is 0 Å². The highest BCUT2D eigenvalue weighted by Gasteiger charge is 2.14. The summed E-state index contributed by atoms with van der Waals surface area (Å²) in [6.45, 7) is 1.44. The highest BCUT2D eigenvalue weighted by molar-refractivity contribution is 7.14. The zero-order chi connectivity index (χ0) is 18.0. The highest BCUT2D eigenvalue weighted by Crippen LogP contribution is 2.22. The van der Waals surface area contributed by atoms with Gasteiger partial charge in [0.15, 0.2) is 0 Å². The number of tetrazole rings is 1. The van der Waals surface area contributed by atoms with Crippen LogP contribution in [0.4, 0.5) is 9.39 Å². The fourth-order valence-electron chi connectivity index (χ4n) is 2.10. The van der Waals surface area contributed by atoms with Crippen molar-refractivity contribution < 1.29 is 14.0 Å². The normalized spacial score (nSPS) is 10.6. The number of anilines is 1. The van der Waals surface area contributed by atoms with Crippen LogP contribution in [0.1, 0.15) is 15.9 Å². The Bertz CT molecular complexity index is 951. The summed E-state index contributed by atoms with van der Waals surface area (Å²) < 4.78 is 13.3. The molecule has 0 atom stereocenters. The van der Waals surface area contributed by atoms with Crippen molar-refractivity contribution in [3.05, 3.63) is 46.6 Å². The second-order valence-corrected chi connectivity index (χ2v) is 6.10. The summed E-state index contributed by atoms with van der Waals surface area (Å²) in [6.07, 6.45) is 0. The number of aryl methyl sites for hydroxylation is 1. The summed E-state index contributed by atoms with van der Waals surface area (Å²) in [5.41, 5.74) is 6.53. The molecule has 2 amide bonds. The van der Waals surface area contributed by atoms with Crippen molar-refractivity contribution in [1.82, 2.24) is 20.2 Å². The van der Waals surface area contributed by atoms with Crippen LogP contribution in [0.3, 0.4) is 0 Å². The van der Waals surface area contributed by atoms with Crippen molar-refractivity contribution in [2.24, 2.45) is 5.73 Å². The quantitative estimate of drug-likeness (QED) is 0.717. The average molecular weight is 360 g/mol. The monoisotopic (exact) mass is 360 g/mol. The molecule has 1 aromatic carbocycles. The summed E-state index contributed by atoms with van der Waals surface area (Å²) in [6, 6.07) is 5.99. The third-order valence-electron chi connectivity index (χ3n) is 3.34. The van der Waals surface area contributed by atoms with Crippen LogP contribution < -0.4 is 11.1 Å². The van der Waals surface area contributed by atoms with Crippen molar-refractivity contribution in [3.8, 4) is 11.4 Å². The molecule has 3 rings (SSSR count). The maximum Gasteiger partial charge on any atom is 0.251 e. The minimum atomic E-state index is -0.621. The largest absolute Gasteiger partial charge is 0.366 e. The topological polar surface area (TPSA) is 116 Å². The number of rotatable bonds is 5. The minimum absolute atomic E-state index is 0.191. The third kappa shape index (κ3) is 3.69. The minimum Gasteiger partial charge on any atom is -0.366 e. The Kier molecular flexibility index (Phi) is 4.52. The van der Waals surface area contributed by atoms with Gasteiger partial charge in [-0.15, -0.1) is 21.5 Å². The highest BCUT2D eigenvalue weighted by atomic mass is 32.1. The van der Waals surface area contributed by atoms with Crippen molar-refractivity contribution in [1.29, 1.82) is 0 Å². The molecule has 2 heterocycles. The van der Waals surface area contributed by atoms with Crippen molar-refractivity contribution in [2.75, 3.05) is 5.32 Å². The number of nitrogens with zero attached hydrogens (tertiary/aromatic N) is 4. The molecule has 0 aliphatic rings. The molecule has 2 aromatic heterocycles. The van der Waals surface area contributed by atoms with Crippen LogP contribution in [-0.2, 0) is 11.3 Å². The Balaban J connectivity index is 1.70. The van der Waals surface area contributed by atoms with E-state index in [0.717, 1.165) is 4.80 Å². The molecule has 0 aliphatic heterocycles. The SMILES string of the molecule is Cc1cc(-c2nnn(CC(=O)Nc3sccc3C(N)=O)n2)ccc1F. The number of hydrogen-bond donors (Lipinski definition) is 2. The van der Waals surface area contributed by atoms with E-state index in [0.29, 0.717) is 16.1 Å². The number of nitrogens with one attached hydrogen (secondary N) is 1. The molecule has 0 bridgehead atoms. The van der Waals surface area contributed by atoms with Crippen LogP contribution in [0.2, 0.25) is 0 Å². The number of primary amides is 1. The predicted molar refractivity (Wildman–Crippen MR) is 89.4 cm³/mol. The number of amides is 2. The molecule has 128 valence electrons. The number of aromatic nitrogens is 4. The Morgan fingerprint density at radius 2 is 2.16 bits per heavy atom. The summed E-state index contributed by atoms with van der Waals surface area (Å²) in [7, 11) is 0. The fourth-order valence-corrected chi connectivity index (χ4v) is 2.91. The zero-order valence-corrected chi connectivity index (χ0v) is 13.9. The van der Waals surface area contributed by atoms with E-state index in [-0.39, 0.29) is 23.7 Å². The van der Waals surface area contributed by atoms with E-state index in [1.165, 1.54) is 29.5 Å². The van der Waals surface area contributed by atoms with E-state index in [9.17, 15) is 14.0 Å². The van der Waals surface area contributed by atoms with Gasteiger partial charge in [0, 0.05) is 5.56 Å². The molecule has 8 nitrogen and oxygen atoms in total. The molecular formula is C15H13FN6O2S. The predicted octanol–water partition coefficient (Wildman–Crippen LogP) is 1.59. The summed E-state index contributed by atoms with van der Waals surface area (Å²) >= 11 is 1.19. The number of carbonyl (C=O) groups is 2. The molecule has 0 saturated heterocycles. The third-order valence-corrected chi connectivity index (χ3v) is 4.17. The molecule has 0 saturated carbocycles. The number of hydrogen-bond acceptors (Lipinski definition) is 6. The number of thiophene rings is 1. The van der Waals surface area contributed by atoms with Gasteiger partial charge < -0.3 is 11.1 Å². The first-order chi connectivity index (χ1) is 11.9. The Labute approximate surface area is 145 Å². The summed E-state index contributed by atoms with van der Waals surface area (Å²) in [5.74, 6) is -1.09. The lowest BCUT2D eigenvalue weighted by atomic mass is 10.1. The Morgan fingerprint density at radius 3 is 2.88 bits per heavy atom. The van der Waals surface area contributed by atoms with Gasteiger partial charge in [0.1, 0.15) is 17.4 Å². The maximum absolute atomic E-state index is 13.3. The number of halogens is 1. The maximum atomic E-state index is 13.3. The van der Waals surface area contributed by atoms with Crippen LogP contribution in [0, 0.1) is 12.7 Å².